The second-order valence-corrected chi connectivity index (χ2v) is 12.7. The maximum absolute atomic E-state index is 11.6. The lowest BCUT2D eigenvalue weighted by Crippen LogP contribution is -2.41. The summed E-state index contributed by atoms with van der Waals surface area (Å²) in [5.41, 5.74) is 4.42. The van der Waals surface area contributed by atoms with E-state index in [-0.39, 0.29) is 28.0 Å². The first kappa shape index (κ1) is 26.1. The molecule has 0 aromatic heterocycles. The first-order chi connectivity index (χ1) is 15.0. The van der Waals surface area contributed by atoms with E-state index in [1.165, 1.54) is 12.5 Å². The Balaban J connectivity index is 1.79. The summed E-state index contributed by atoms with van der Waals surface area (Å²) in [4.78, 5) is 11.6. The predicted molar refractivity (Wildman–Crippen MR) is 134 cm³/mol. The molecule has 3 rings (SSSR count). The van der Waals surface area contributed by atoms with Crippen molar-refractivity contribution in [1.82, 2.24) is 0 Å². The molecule has 0 N–H and O–H groups in total. The van der Waals surface area contributed by atoms with Gasteiger partial charge in [0, 0.05) is 19.6 Å². The molecule has 2 aliphatic rings. The van der Waals surface area contributed by atoms with Crippen molar-refractivity contribution in [3.05, 3.63) is 22.3 Å². The largest absolute Gasteiger partial charge is 0.487 e. The molecule has 0 spiro atoms. The fraction of sp³-hybridized carbons (Fsp3) is 0.759. The molecule has 4 heteroatoms. The van der Waals surface area contributed by atoms with Crippen molar-refractivity contribution in [3.63, 3.8) is 0 Å². The molecular weight excluding hydrogens is 412 g/mol. The van der Waals surface area contributed by atoms with E-state index < -0.39 is 0 Å². The third-order valence-corrected chi connectivity index (χ3v) is 9.10. The Bertz CT molecular complexity index is 944. The van der Waals surface area contributed by atoms with E-state index in [1.54, 1.807) is 0 Å². The molecule has 0 saturated heterocycles. The molecule has 1 aliphatic heterocycles. The van der Waals surface area contributed by atoms with Crippen LogP contribution in [0.5, 0.6) is 11.5 Å². The van der Waals surface area contributed by atoms with Gasteiger partial charge in [-0.25, -0.2) is 0 Å². The number of hydrogen-bond acceptors (Lipinski definition) is 4. The van der Waals surface area contributed by atoms with Crippen LogP contribution < -0.4 is 9.47 Å². The van der Waals surface area contributed by atoms with Crippen molar-refractivity contribution >= 4 is 5.97 Å². The molecule has 1 saturated carbocycles. The van der Waals surface area contributed by atoms with E-state index in [0.717, 1.165) is 48.1 Å². The highest BCUT2D eigenvalue weighted by Crippen LogP contribution is 2.67. The van der Waals surface area contributed by atoms with Gasteiger partial charge < -0.3 is 14.2 Å². The summed E-state index contributed by atoms with van der Waals surface area (Å²) in [5.74, 6) is 2.57. The van der Waals surface area contributed by atoms with Gasteiger partial charge in [-0.15, -0.1) is 0 Å². The van der Waals surface area contributed by atoms with Gasteiger partial charge in [-0.1, -0.05) is 34.6 Å². The van der Waals surface area contributed by atoms with E-state index in [4.69, 9.17) is 14.2 Å². The Labute approximate surface area is 201 Å². The Hall–Kier alpha value is -1.55. The average molecular weight is 459 g/mol. The molecule has 1 aromatic carbocycles. The number of methoxy groups -OCH3 is 1. The zero-order valence-electron chi connectivity index (χ0n) is 23.1. The average Bonchev–Trinajstić information content (AvgIpc) is 3.14. The van der Waals surface area contributed by atoms with Gasteiger partial charge in [0.1, 0.15) is 17.1 Å². The molecule has 1 fully saturated rings. The number of esters is 1. The minimum atomic E-state index is -0.276. The second-order valence-electron chi connectivity index (χ2n) is 12.7. The predicted octanol–water partition coefficient (Wildman–Crippen LogP) is 7.12. The normalized spacial score (nSPS) is 29.2. The lowest BCUT2D eigenvalue weighted by molar-refractivity contribution is -0.132. The van der Waals surface area contributed by atoms with E-state index in [2.05, 4.69) is 55.4 Å². The molecule has 186 valence electrons. The van der Waals surface area contributed by atoms with E-state index in [1.807, 2.05) is 21.0 Å². The highest BCUT2D eigenvalue weighted by atomic mass is 16.5. The van der Waals surface area contributed by atoms with Crippen molar-refractivity contribution in [3.8, 4) is 11.5 Å². The van der Waals surface area contributed by atoms with Crippen LogP contribution in [-0.2, 0) is 16.0 Å². The van der Waals surface area contributed by atoms with Gasteiger partial charge in [-0.05, 0) is 99.7 Å². The molecular formula is C29H46O4. The summed E-state index contributed by atoms with van der Waals surface area (Å²) < 4.78 is 18.3. The molecule has 1 aromatic rings. The number of ether oxygens (including phenoxy) is 3. The summed E-state index contributed by atoms with van der Waals surface area (Å²) in [6.45, 7) is 24.0. The van der Waals surface area contributed by atoms with E-state index >= 15 is 0 Å². The standard InChI is InChI=1S/C29H46O4/c1-17(25-27(8,9)29(25,11)31-12)15-26(6,7)16-28(10)14-13-22-20(4)23(32-21(5)30)18(2)19(3)24(22)33-28/h17,25H,13-16H2,1-12H3. The summed E-state index contributed by atoms with van der Waals surface area (Å²) in [6.07, 6.45) is 4.06. The molecule has 0 bridgehead atoms. The van der Waals surface area contributed by atoms with Gasteiger partial charge in [0.05, 0.1) is 5.60 Å². The van der Waals surface area contributed by atoms with Gasteiger partial charge in [0.2, 0.25) is 0 Å². The number of fused-ring (bicyclic) bond motifs is 1. The van der Waals surface area contributed by atoms with Crippen LogP contribution in [0, 0.1) is 43.4 Å². The number of rotatable bonds is 7. The SMILES string of the molecule is COC1(C)C(C(C)CC(C)(C)CC2(C)CCc3c(C)c(OC(C)=O)c(C)c(C)c3O2)C1(C)C. The lowest BCUT2D eigenvalue weighted by atomic mass is 9.71. The fourth-order valence-electron chi connectivity index (χ4n) is 7.41. The van der Waals surface area contributed by atoms with Crippen molar-refractivity contribution in [2.45, 2.75) is 113 Å². The maximum atomic E-state index is 11.6. The topological polar surface area (TPSA) is 44.8 Å². The van der Waals surface area contributed by atoms with Crippen molar-refractivity contribution in [1.29, 1.82) is 0 Å². The molecule has 4 nitrogen and oxygen atoms in total. The van der Waals surface area contributed by atoms with Crippen molar-refractivity contribution in [2.75, 3.05) is 7.11 Å². The number of carbonyl (C=O) groups is 1. The van der Waals surface area contributed by atoms with Gasteiger partial charge in [0.25, 0.3) is 0 Å². The van der Waals surface area contributed by atoms with Crippen molar-refractivity contribution < 1.29 is 19.0 Å². The van der Waals surface area contributed by atoms with Crippen LogP contribution in [0.3, 0.4) is 0 Å². The van der Waals surface area contributed by atoms with Gasteiger partial charge >= 0.3 is 5.97 Å². The minimum Gasteiger partial charge on any atom is -0.487 e. The van der Waals surface area contributed by atoms with Crippen LogP contribution in [0.2, 0.25) is 0 Å². The Kier molecular flexibility index (Phi) is 6.55. The maximum Gasteiger partial charge on any atom is 0.308 e. The van der Waals surface area contributed by atoms with Crippen LogP contribution in [-0.4, -0.2) is 24.3 Å². The van der Waals surface area contributed by atoms with E-state index in [9.17, 15) is 4.79 Å². The van der Waals surface area contributed by atoms with Gasteiger partial charge in [-0.2, -0.15) is 0 Å². The molecule has 4 unspecified atom stereocenters. The Morgan fingerprint density at radius 1 is 1.12 bits per heavy atom. The van der Waals surface area contributed by atoms with Crippen molar-refractivity contribution in [2.24, 2.45) is 22.7 Å². The van der Waals surface area contributed by atoms with Crippen LogP contribution in [0.4, 0.5) is 0 Å². The Morgan fingerprint density at radius 2 is 1.73 bits per heavy atom. The summed E-state index contributed by atoms with van der Waals surface area (Å²) in [6, 6.07) is 0. The molecule has 4 atom stereocenters. The number of carbonyl (C=O) groups excluding carboxylic acids is 1. The monoisotopic (exact) mass is 458 g/mol. The van der Waals surface area contributed by atoms with E-state index in [0.29, 0.717) is 17.6 Å². The van der Waals surface area contributed by atoms with Crippen LogP contribution in [0.25, 0.3) is 0 Å². The molecule has 33 heavy (non-hydrogen) atoms. The third kappa shape index (κ3) is 4.45. The highest BCUT2D eigenvalue weighted by Gasteiger charge is 2.70. The molecule has 1 heterocycles. The number of hydrogen-bond donors (Lipinski definition) is 0. The minimum absolute atomic E-state index is 0.0293. The van der Waals surface area contributed by atoms with Crippen LogP contribution >= 0.6 is 0 Å². The summed E-state index contributed by atoms with van der Waals surface area (Å²) in [5, 5.41) is 0. The first-order valence-corrected chi connectivity index (χ1v) is 12.5. The van der Waals surface area contributed by atoms with Gasteiger partial charge in [-0.3, -0.25) is 4.79 Å². The van der Waals surface area contributed by atoms with Gasteiger partial charge in [0.15, 0.2) is 0 Å². The lowest BCUT2D eigenvalue weighted by Gasteiger charge is -2.43. The third-order valence-electron chi connectivity index (χ3n) is 9.10. The molecule has 1 aliphatic carbocycles. The first-order valence-electron chi connectivity index (χ1n) is 12.5. The van der Waals surface area contributed by atoms with Crippen LogP contribution in [0.1, 0.15) is 96.9 Å². The smallest absolute Gasteiger partial charge is 0.308 e. The second kappa shape index (κ2) is 8.29. The fourth-order valence-corrected chi connectivity index (χ4v) is 7.41. The molecule has 0 amide bonds. The molecule has 0 radical (unpaired) electrons. The summed E-state index contributed by atoms with van der Waals surface area (Å²) >= 11 is 0. The highest BCUT2D eigenvalue weighted by molar-refractivity contribution is 5.72. The summed E-state index contributed by atoms with van der Waals surface area (Å²) in [7, 11) is 1.85. The zero-order valence-corrected chi connectivity index (χ0v) is 23.1. The quantitative estimate of drug-likeness (QED) is 0.322. The van der Waals surface area contributed by atoms with Crippen LogP contribution in [0.15, 0.2) is 0 Å². The number of benzene rings is 1. The zero-order chi connectivity index (χ0) is 25.1. The Morgan fingerprint density at radius 3 is 2.24 bits per heavy atom.